The predicted molar refractivity (Wildman–Crippen MR) is 138 cm³/mol. The van der Waals surface area contributed by atoms with Gasteiger partial charge >= 0.3 is 5.97 Å². The molecule has 1 aliphatic rings. The van der Waals surface area contributed by atoms with Crippen LogP contribution in [0.5, 0.6) is 5.75 Å². The Hall–Kier alpha value is -2.92. The number of para-hydroxylation sites is 2. The topological polar surface area (TPSA) is 93.2 Å². The number of sulfonamides is 1. The van der Waals surface area contributed by atoms with E-state index in [9.17, 15) is 18.0 Å². The molecule has 1 heterocycles. The summed E-state index contributed by atoms with van der Waals surface area (Å²) in [5.41, 5.74) is 1.13. The van der Waals surface area contributed by atoms with Gasteiger partial charge in [0.05, 0.1) is 30.8 Å². The van der Waals surface area contributed by atoms with Crippen molar-refractivity contribution in [2.45, 2.75) is 17.5 Å². The van der Waals surface area contributed by atoms with Crippen LogP contribution in [0.25, 0.3) is 0 Å². The number of carbonyl (C=O) groups is 2. The van der Waals surface area contributed by atoms with Crippen LogP contribution >= 0.6 is 27.5 Å². The highest BCUT2D eigenvalue weighted by atomic mass is 79.9. The van der Waals surface area contributed by atoms with E-state index in [4.69, 9.17) is 21.1 Å². The molecule has 11 heteroatoms. The van der Waals surface area contributed by atoms with Gasteiger partial charge < -0.3 is 14.4 Å². The molecular weight excluding hydrogens is 572 g/mol. The number of hydrogen-bond donors (Lipinski definition) is 0. The standard InChI is InChI=1S/C25H22BrClN2O6S/c1-34-25(31)23-15-29(21-4-2-3-5-22(21)35-23)24(30)16-28(14-17-6-8-18(26)9-7-17)36(32,33)20-12-10-19(27)11-13-20/h2-13,23H,14-16H2,1H3/t23-/m1/s1. The number of hydrogen-bond acceptors (Lipinski definition) is 6. The second kappa shape index (κ2) is 11.0. The Balaban J connectivity index is 1.68. The summed E-state index contributed by atoms with van der Waals surface area (Å²) in [6.07, 6.45) is -1.04. The molecule has 0 fully saturated rings. The smallest absolute Gasteiger partial charge is 0.348 e. The average molecular weight is 594 g/mol. The third-order valence-electron chi connectivity index (χ3n) is 5.57. The summed E-state index contributed by atoms with van der Waals surface area (Å²) in [6, 6.07) is 19.6. The summed E-state index contributed by atoms with van der Waals surface area (Å²) >= 11 is 9.32. The SMILES string of the molecule is COC(=O)[C@H]1CN(C(=O)CN(Cc2ccc(Br)cc2)S(=O)(=O)c2ccc(Cl)cc2)c2ccccc2O1. The van der Waals surface area contributed by atoms with E-state index >= 15 is 0 Å². The maximum Gasteiger partial charge on any atom is 0.348 e. The van der Waals surface area contributed by atoms with E-state index in [-0.39, 0.29) is 18.0 Å². The number of fused-ring (bicyclic) bond motifs is 1. The fourth-order valence-corrected chi connectivity index (χ4v) is 5.50. The first-order chi connectivity index (χ1) is 17.2. The Morgan fingerprint density at radius 2 is 1.75 bits per heavy atom. The van der Waals surface area contributed by atoms with Gasteiger partial charge in [0.2, 0.25) is 22.0 Å². The van der Waals surface area contributed by atoms with Crippen LogP contribution in [0.1, 0.15) is 5.56 Å². The minimum Gasteiger partial charge on any atom is -0.475 e. The van der Waals surface area contributed by atoms with Crippen molar-refractivity contribution in [1.29, 1.82) is 0 Å². The lowest BCUT2D eigenvalue weighted by atomic mass is 10.2. The predicted octanol–water partition coefficient (Wildman–Crippen LogP) is 4.26. The van der Waals surface area contributed by atoms with Gasteiger partial charge in [0.15, 0.2) is 0 Å². The number of methoxy groups -OCH3 is 1. The summed E-state index contributed by atoms with van der Waals surface area (Å²) in [5, 5.41) is 0.392. The van der Waals surface area contributed by atoms with E-state index < -0.39 is 34.5 Å². The molecule has 36 heavy (non-hydrogen) atoms. The second-order valence-corrected chi connectivity index (χ2v) is 11.2. The van der Waals surface area contributed by atoms with E-state index in [1.807, 2.05) is 0 Å². The molecule has 0 radical (unpaired) electrons. The Bertz CT molecular complexity index is 1370. The van der Waals surface area contributed by atoms with Crippen LogP contribution in [-0.2, 0) is 30.9 Å². The first kappa shape index (κ1) is 26.2. The van der Waals surface area contributed by atoms with Crippen molar-refractivity contribution < 1.29 is 27.5 Å². The quantitative estimate of drug-likeness (QED) is 0.380. The number of anilines is 1. The van der Waals surface area contributed by atoms with E-state index in [1.165, 1.54) is 36.3 Å². The molecule has 1 atom stereocenters. The maximum atomic E-state index is 13.6. The van der Waals surface area contributed by atoms with Crippen molar-refractivity contribution in [2.24, 2.45) is 0 Å². The number of esters is 1. The molecule has 3 aromatic rings. The van der Waals surface area contributed by atoms with Gasteiger partial charge in [0.1, 0.15) is 5.75 Å². The summed E-state index contributed by atoms with van der Waals surface area (Å²) in [4.78, 5) is 27.1. The van der Waals surface area contributed by atoms with Gasteiger partial charge in [-0.1, -0.05) is 51.8 Å². The number of carbonyl (C=O) groups excluding carboxylic acids is 2. The van der Waals surface area contributed by atoms with Crippen LogP contribution in [0.3, 0.4) is 0 Å². The minimum absolute atomic E-state index is 0.00614. The van der Waals surface area contributed by atoms with E-state index in [1.54, 1.807) is 48.5 Å². The molecule has 0 aromatic heterocycles. The third kappa shape index (κ3) is 5.73. The van der Waals surface area contributed by atoms with Gasteiger partial charge in [-0.25, -0.2) is 13.2 Å². The number of rotatable bonds is 7. The number of ether oxygens (including phenoxy) is 2. The van der Waals surface area contributed by atoms with Crippen LogP contribution < -0.4 is 9.64 Å². The van der Waals surface area contributed by atoms with Gasteiger partial charge in [-0.3, -0.25) is 4.79 Å². The van der Waals surface area contributed by atoms with Gasteiger partial charge in [0.25, 0.3) is 0 Å². The van der Waals surface area contributed by atoms with Crippen LogP contribution in [0.15, 0.2) is 82.2 Å². The maximum absolute atomic E-state index is 13.6. The first-order valence-corrected chi connectivity index (χ1v) is 13.4. The molecule has 0 saturated carbocycles. The fraction of sp³-hybridized carbons (Fsp3) is 0.200. The van der Waals surface area contributed by atoms with E-state index in [0.717, 1.165) is 8.78 Å². The molecule has 1 aliphatic heterocycles. The Morgan fingerprint density at radius 1 is 1.08 bits per heavy atom. The lowest BCUT2D eigenvalue weighted by Crippen LogP contribution is -2.50. The van der Waals surface area contributed by atoms with Crippen LogP contribution in [0, 0.1) is 0 Å². The van der Waals surface area contributed by atoms with Crippen molar-refractivity contribution in [3.8, 4) is 5.75 Å². The number of nitrogens with zero attached hydrogens (tertiary/aromatic N) is 2. The van der Waals surface area contributed by atoms with Crippen LogP contribution in [0.2, 0.25) is 5.02 Å². The van der Waals surface area contributed by atoms with E-state index in [2.05, 4.69) is 15.9 Å². The fourth-order valence-electron chi connectivity index (χ4n) is 3.74. The lowest BCUT2D eigenvalue weighted by Gasteiger charge is -2.34. The molecule has 0 unspecified atom stereocenters. The van der Waals surface area contributed by atoms with Gasteiger partial charge in [-0.15, -0.1) is 0 Å². The van der Waals surface area contributed by atoms with Crippen molar-refractivity contribution in [1.82, 2.24) is 4.31 Å². The van der Waals surface area contributed by atoms with Gasteiger partial charge in [-0.05, 0) is 54.1 Å². The molecule has 0 spiro atoms. The summed E-state index contributed by atoms with van der Waals surface area (Å²) < 4.78 is 39.7. The number of halogens is 2. The molecule has 0 N–H and O–H groups in total. The zero-order valence-corrected chi connectivity index (χ0v) is 22.3. The zero-order valence-electron chi connectivity index (χ0n) is 19.1. The highest BCUT2D eigenvalue weighted by molar-refractivity contribution is 9.10. The highest BCUT2D eigenvalue weighted by Crippen LogP contribution is 2.34. The Labute approximate surface area is 222 Å². The zero-order chi connectivity index (χ0) is 25.9. The Morgan fingerprint density at radius 3 is 2.42 bits per heavy atom. The summed E-state index contributed by atoms with van der Waals surface area (Å²) in [5.74, 6) is -0.829. The minimum atomic E-state index is -4.08. The molecule has 3 aromatic carbocycles. The van der Waals surface area contributed by atoms with Crippen molar-refractivity contribution in [3.63, 3.8) is 0 Å². The molecule has 0 bridgehead atoms. The lowest BCUT2D eigenvalue weighted by molar-refractivity contribution is -0.148. The van der Waals surface area contributed by atoms with Crippen LogP contribution in [0.4, 0.5) is 5.69 Å². The number of amides is 1. The highest BCUT2D eigenvalue weighted by Gasteiger charge is 2.36. The summed E-state index contributed by atoms with van der Waals surface area (Å²) in [7, 11) is -2.85. The molecule has 8 nitrogen and oxygen atoms in total. The van der Waals surface area contributed by atoms with E-state index in [0.29, 0.717) is 22.0 Å². The third-order valence-corrected chi connectivity index (χ3v) is 8.16. The van der Waals surface area contributed by atoms with Gasteiger partial charge in [-0.2, -0.15) is 4.31 Å². The molecule has 1 amide bonds. The second-order valence-electron chi connectivity index (χ2n) is 7.96. The molecule has 0 saturated heterocycles. The van der Waals surface area contributed by atoms with Crippen molar-refractivity contribution >= 4 is 55.1 Å². The first-order valence-electron chi connectivity index (χ1n) is 10.8. The normalized spacial score (nSPS) is 15.2. The van der Waals surface area contributed by atoms with Crippen molar-refractivity contribution in [2.75, 3.05) is 25.1 Å². The molecule has 188 valence electrons. The molecular formula is C25H22BrClN2O6S. The average Bonchev–Trinajstić information content (AvgIpc) is 2.88. The summed E-state index contributed by atoms with van der Waals surface area (Å²) in [6.45, 7) is -0.630. The molecule has 0 aliphatic carbocycles. The molecule has 4 rings (SSSR count). The largest absolute Gasteiger partial charge is 0.475 e. The monoisotopic (exact) mass is 592 g/mol. The number of benzene rings is 3. The van der Waals surface area contributed by atoms with Crippen LogP contribution in [-0.4, -0.2) is 50.9 Å². The van der Waals surface area contributed by atoms with Gasteiger partial charge in [0, 0.05) is 16.0 Å². The Kier molecular flexibility index (Phi) is 7.99. The van der Waals surface area contributed by atoms with Crippen molar-refractivity contribution in [3.05, 3.63) is 87.9 Å².